The van der Waals surface area contributed by atoms with Gasteiger partial charge in [-0.15, -0.1) is 11.3 Å². The van der Waals surface area contributed by atoms with Gasteiger partial charge in [-0.05, 0) is 53.9 Å². The molecular formula is C18H16N4O3S2. The first kappa shape index (κ1) is 18.7. The van der Waals surface area contributed by atoms with E-state index in [0.717, 1.165) is 4.88 Å². The van der Waals surface area contributed by atoms with Crippen molar-refractivity contribution in [1.29, 1.82) is 0 Å². The zero-order valence-electron chi connectivity index (χ0n) is 14.3. The van der Waals surface area contributed by atoms with Crippen LogP contribution in [0.15, 0.2) is 58.9 Å². The van der Waals surface area contributed by atoms with Crippen molar-refractivity contribution in [1.82, 2.24) is 9.97 Å². The minimum absolute atomic E-state index is 0.0192. The van der Waals surface area contributed by atoms with Crippen LogP contribution in [0.4, 0.5) is 11.6 Å². The van der Waals surface area contributed by atoms with Crippen molar-refractivity contribution < 1.29 is 13.2 Å². The highest BCUT2D eigenvalue weighted by Crippen LogP contribution is 2.17. The first-order valence-electron chi connectivity index (χ1n) is 7.87. The van der Waals surface area contributed by atoms with Crippen molar-refractivity contribution in [3.63, 3.8) is 0 Å². The number of aromatic nitrogens is 2. The van der Waals surface area contributed by atoms with E-state index in [1.54, 1.807) is 23.5 Å². The fraction of sp³-hybridized carbons (Fsp3) is 0.0556. The second kappa shape index (κ2) is 8.11. The van der Waals surface area contributed by atoms with E-state index in [1.807, 2.05) is 23.6 Å². The quantitative estimate of drug-likeness (QED) is 0.660. The molecule has 0 aliphatic carbocycles. The molecule has 0 bridgehead atoms. The third-order valence-electron chi connectivity index (χ3n) is 3.35. The van der Waals surface area contributed by atoms with Crippen LogP contribution in [0.1, 0.15) is 17.5 Å². The van der Waals surface area contributed by atoms with E-state index in [-0.39, 0.29) is 16.8 Å². The largest absolute Gasteiger partial charge is 0.326 e. The van der Waals surface area contributed by atoms with Crippen molar-refractivity contribution >= 4 is 51.1 Å². The van der Waals surface area contributed by atoms with Crippen LogP contribution in [0, 0.1) is 0 Å². The predicted octanol–water partition coefficient (Wildman–Crippen LogP) is 3.47. The summed E-state index contributed by atoms with van der Waals surface area (Å²) in [5.41, 5.74) is 1.09. The van der Waals surface area contributed by atoms with Crippen LogP contribution >= 0.6 is 11.3 Å². The molecule has 2 aromatic heterocycles. The Morgan fingerprint density at radius 3 is 2.56 bits per heavy atom. The molecule has 0 spiro atoms. The predicted molar refractivity (Wildman–Crippen MR) is 107 cm³/mol. The zero-order valence-corrected chi connectivity index (χ0v) is 15.9. The van der Waals surface area contributed by atoms with Crippen LogP contribution in [0.5, 0.6) is 0 Å². The van der Waals surface area contributed by atoms with Crippen LogP contribution in [0.25, 0.3) is 12.2 Å². The monoisotopic (exact) mass is 400 g/mol. The summed E-state index contributed by atoms with van der Waals surface area (Å²) >= 11 is 1.59. The van der Waals surface area contributed by atoms with Crippen LogP contribution in [0.3, 0.4) is 0 Å². The number of thiophene rings is 1. The van der Waals surface area contributed by atoms with Gasteiger partial charge < -0.3 is 5.32 Å². The normalized spacial score (nSPS) is 11.4. The molecular weight excluding hydrogens is 384 g/mol. The summed E-state index contributed by atoms with van der Waals surface area (Å²) in [5.74, 6) is -0.251. The average Bonchev–Trinajstić information content (AvgIpc) is 3.13. The van der Waals surface area contributed by atoms with E-state index in [1.165, 1.54) is 37.4 Å². The molecule has 0 unspecified atom stereocenters. The number of nitrogens with zero attached hydrogens (tertiary/aromatic N) is 2. The summed E-state index contributed by atoms with van der Waals surface area (Å²) in [6, 6.07) is 11.4. The lowest BCUT2D eigenvalue weighted by Gasteiger charge is -2.08. The Labute approximate surface area is 160 Å². The first-order chi connectivity index (χ1) is 12.9. The van der Waals surface area contributed by atoms with Crippen LogP contribution in [-0.4, -0.2) is 24.3 Å². The molecule has 1 aromatic carbocycles. The number of carbonyl (C=O) groups excluding carboxylic acids is 1. The van der Waals surface area contributed by atoms with Gasteiger partial charge in [0.05, 0.1) is 10.6 Å². The van der Waals surface area contributed by atoms with E-state index < -0.39 is 10.0 Å². The average molecular weight is 400 g/mol. The van der Waals surface area contributed by atoms with Gasteiger partial charge in [-0.2, -0.15) is 0 Å². The van der Waals surface area contributed by atoms with E-state index in [9.17, 15) is 13.2 Å². The molecule has 3 rings (SSSR count). The van der Waals surface area contributed by atoms with Gasteiger partial charge in [0.2, 0.25) is 11.9 Å². The molecule has 0 radical (unpaired) electrons. The molecule has 2 N–H and O–H groups in total. The lowest BCUT2D eigenvalue weighted by atomic mass is 10.3. The van der Waals surface area contributed by atoms with E-state index >= 15 is 0 Å². The molecule has 27 heavy (non-hydrogen) atoms. The molecule has 138 valence electrons. The topological polar surface area (TPSA) is 101 Å². The number of amides is 1. The Kier molecular flexibility index (Phi) is 5.63. The minimum atomic E-state index is -3.84. The number of rotatable bonds is 6. The third kappa shape index (κ3) is 5.22. The smallest absolute Gasteiger partial charge is 0.264 e. The van der Waals surface area contributed by atoms with E-state index in [2.05, 4.69) is 20.0 Å². The van der Waals surface area contributed by atoms with Crippen LogP contribution in [0.2, 0.25) is 0 Å². The molecule has 0 aliphatic heterocycles. The van der Waals surface area contributed by atoms with Gasteiger partial charge in [0.25, 0.3) is 10.0 Å². The maximum Gasteiger partial charge on any atom is 0.264 e. The highest BCUT2D eigenvalue weighted by atomic mass is 32.2. The van der Waals surface area contributed by atoms with Gasteiger partial charge in [-0.3, -0.25) is 4.79 Å². The molecule has 0 saturated heterocycles. The molecule has 0 aliphatic rings. The van der Waals surface area contributed by atoms with Crippen molar-refractivity contribution in [2.75, 3.05) is 10.0 Å². The number of sulfonamides is 1. The number of anilines is 2. The Morgan fingerprint density at radius 2 is 1.89 bits per heavy atom. The second-order valence-electron chi connectivity index (χ2n) is 5.46. The maximum absolute atomic E-state index is 12.5. The Balaban J connectivity index is 1.75. The van der Waals surface area contributed by atoms with Gasteiger partial charge in [0.15, 0.2) is 0 Å². The fourth-order valence-corrected chi connectivity index (χ4v) is 3.74. The summed E-state index contributed by atoms with van der Waals surface area (Å²) in [5, 5.41) is 4.55. The van der Waals surface area contributed by atoms with Gasteiger partial charge in [0.1, 0.15) is 0 Å². The maximum atomic E-state index is 12.5. The van der Waals surface area contributed by atoms with Gasteiger partial charge >= 0.3 is 0 Å². The van der Waals surface area contributed by atoms with Crippen LogP contribution < -0.4 is 10.0 Å². The Morgan fingerprint density at radius 1 is 1.11 bits per heavy atom. The summed E-state index contributed by atoms with van der Waals surface area (Å²) in [4.78, 5) is 20.3. The molecule has 7 nitrogen and oxygen atoms in total. The second-order valence-corrected chi connectivity index (χ2v) is 8.13. The third-order valence-corrected chi connectivity index (χ3v) is 5.53. The first-order valence-corrected chi connectivity index (χ1v) is 10.2. The molecule has 9 heteroatoms. The highest BCUT2D eigenvalue weighted by Gasteiger charge is 2.15. The molecule has 0 saturated carbocycles. The van der Waals surface area contributed by atoms with Crippen molar-refractivity contribution in [3.05, 3.63) is 64.6 Å². The molecule has 0 fully saturated rings. The van der Waals surface area contributed by atoms with Crippen molar-refractivity contribution in [3.8, 4) is 0 Å². The van der Waals surface area contributed by atoms with Crippen LogP contribution in [-0.2, 0) is 14.8 Å². The summed E-state index contributed by atoms with van der Waals surface area (Å²) < 4.78 is 27.4. The number of nitrogens with one attached hydrogen (secondary N) is 2. The number of carbonyl (C=O) groups is 1. The summed E-state index contributed by atoms with van der Waals surface area (Å²) in [6.07, 6.45) is 5.17. The van der Waals surface area contributed by atoms with Crippen molar-refractivity contribution in [2.24, 2.45) is 0 Å². The SMILES string of the molecule is CC(=O)Nc1ccc(S(=O)(=O)Nc2nccc(/C=C/c3cccs3)n2)cc1. The Hall–Kier alpha value is -3.04. The lowest BCUT2D eigenvalue weighted by Crippen LogP contribution is -2.15. The molecule has 3 aromatic rings. The number of benzene rings is 1. The van der Waals surface area contributed by atoms with E-state index in [4.69, 9.17) is 0 Å². The minimum Gasteiger partial charge on any atom is -0.326 e. The number of hydrogen-bond acceptors (Lipinski definition) is 6. The number of hydrogen-bond donors (Lipinski definition) is 2. The highest BCUT2D eigenvalue weighted by molar-refractivity contribution is 7.92. The van der Waals surface area contributed by atoms with E-state index in [0.29, 0.717) is 11.4 Å². The standard InChI is InChI=1S/C18H16N4O3S2/c1-13(23)20-14-5-8-17(9-6-14)27(24,25)22-18-19-11-10-15(21-18)4-7-16-3-2-12-26-16/h2-12H,1H3,(H,20,23)(H,19,21,22)/b7-4+. The van der Waals surface area contributed by atoms with Gasteiger partial charge in [-0.1, -0.05) is 6.07 Å². The molecule has 0 atom stereocenters. The van der Waals surface area contributed by atoms with Gasteiger partial charge in [-0.25, -0.2) is 23.1 Å². The molecule has 1 amide bonds. The van der Waals surface area contributed by atoms with Gasteiger partial charge in [0, 0.05) is 23.7 Å². The zero-order chi connectivity index (χ0) is 19.3. The summed E-state index contributed by atoms with van der Waals surface area (Å²) in [7, 11) is -3.84. The molecule has 2 heterocycles. The fourth-order valence-electron chi connectivity index (χ4n) is 2.17. The van der Waals surface area contributed by atoms with Crippen molar-refractivity contribution in [2.45, 2.75) is 11.8 Å². The lowest BCUT2D eigenvalue weighted by molar-refractivity contribution is -0.114. The summed E-state index contributed by atoms with van der Waals surface area (Å²) in [6.45, 7) is 1.38. The Bertz CT molecular complexity index is 1060.